The van der Waals surface area contributed by atoms with Crippen molar-refractivity contribution in [2.45, 2.75) is 39.0 Å². The average molecular weight is 277 g/mol. The molecule has 0 unspecified atom stereocenters. The smallest absolute Gasteiger partial charge is 0.161 e. The Morgan fingerprint density at radius 2 is 1.60 bits per heavy atom. The van der Waals surface area contributed by atoms with Crippen LogP contribution < -0.4 is 9.47 Å². The Labute approximate surface area is 122 Å². The van der Waals surface area contributed by atoms with Crippen LogP contribution in [-0.4, -0.2) is 37.7 Å². The zero-order valence-corrected chi connectivity index (χ0v) is 12.6. The second-order valence-electron chi connectivity index (χ2n) is 5.40. The maximum atomic E-state index is 5.90. The summed E-state index contributed by atoms with van der Waals surface area (Å²) in [4.78, 5) is 2.49. The summed E-state index contributed by atoms with van der Waals surface area (Å²) in [7, 11) is 0. The molecular weight excluding hydrogens is 250 g/mol. The SMILES string of the molecule is CCCCOc1ccccc1OCCN1CCCCC1. The second-order valence-corrected chi connectivity index (χ2v) is 5.40. The monoisotopic (exact) mass is 277 g/mol. The van der Waals surface area contributed by atoms with Gasteiger partial charge in [0.25, 0.3) is 0 Å². The predicted molar refractivity (Wildman–Crippen MR) is 82.6 cm³/mol. The van der Waals surface area contributed by atoms with Crippen molar-refractivity contribution in [2.24, 2.45) is 0 Å². The van der Waals surface area contributed by atoms with Gasteiger partial charge < -0.3 is 9.47 Å². The van der Waals surface area contributed by atoms with E-state index in [1.54, 1.807) is 0 Å². The van der Waals surface area contributed by atoms with Crippen molar-refractivity contribution in [2.75, 3.05) is 32.8 Å². The van der Waals surface area contributed by atoms with Crippen molar-refractivity contribution in [3.63, 3.8) is 0 Å². The van der Waals surface area contributed by atoms with E-state index in [4.69, 9.17) is 9.47 Å². The van der Waals surface area contributed by atoms with E-state index < -0.39 is 0 Å². The molecule has 0 spiro atoms. The van der Waals surface area contributed by atoms with E-state index >= 15 is 0 Å². The molecule has 0 saturated carbocycles. The highest BCUT2D eigenvalue weighted by molar-refractivity contribution is 5.39. The quantitative estimate of drug-likeness (QED) is 0.676. The van der Waals surface area contributed by atoms with E-state index in [0.717, 1.165) is 44.1 Å². The molecule has 20 heavy (non-hydrogen) atoms. The van der Waals surface area contributed by atoms with Gasteiger partial charge in [-0.15, -0.1) is 0 Å². The van der Waals surface area contributed by atoms with Gasteiger partial charge in [0.15, 0.2) is 11.5 Å². The molecule has 0 bridgehead atoms. The lowest BCUT2D eigenvalue weighted by molar-refractivity contribution is 0.179. The standard InChI is InChI=1S/C17H27NO2/c1-2-3-14-19-16-9-5-6-10-17(16)20-15-13-18-11-7-4-8-12-18/h5-6,9-10H,2-4,7-8,11-15H2,1H3. The van der Waals surface area contributed by atoms with Crippen LogP contribution in [0.25, 0.3) is 0 Å². The first-order valence-electron chi connectivity index (χ1n) is 7.97. The van der Waals surface area contributed by atoms with Gasteiger partial charge in [-0.25, -0.2) is 0 Å². The minimum absolute atomic E-state index is 0.744. The van der Waals surface area contributed by atoms with E-state index in [9.17, 15) is 0 Å². The van der Waals surface area contributed by atoms with Gasteiger partial charge in [-0.05, 0) is 44.5 Å². The number of piperidine rings is 1. The Bertz CT molecular complexity index is 375. The molecule has 2 rings (SSSR count). The van der Waals surface area contributed by atoms with Crippen molar-refractivity contribution < 1.29 is 9.47 Å². The molecule has 0 amide bonds. The number of hydrogen-bond donors (Lipinski definition) is 0. The molecule has 112 valence electrons. The maximum absolute atomic E-state index is 5.90. The highest BCUT2D eigenvalue weighted by atomic mass is 16.5. The number of benzene rings is 1. The van der Waals surface area contributed by atoms with Crippen molar-refractivity contribution >= 4 is 0 Å². The minimum atomic E-state index is 0.744. The van der Waals surface area contributed by atoms with E-state index in [1.165, 1.54) is 32.4 Å². The van der Waals surface area contributed by atoms with Crippen LogP contribution in [0.3, 0.4) is 0 Å². The second kappa shape index (κ2) is 8.85. The summed E-state index contributed by atoms with van der Waals surface area (Å²) in [6, 6.07) is 7.99. The lowest BCUT2D eigenvalue weighted by Gasteiger charge is -2.26. The molecule has 1 saturated heterocycles. The molecule has 0 radical (unpaired) electrons. The lowest BCUT2D eigenvalue weighted by Crippen LogP contribution is -2.33. The summed E-state index contributed by atoms with van der Waals surface area (Å²) >= 11 is 0. The molecule has 1 fully saturated rings. The van der Waals surface area contributed by atoms with Crippen molar-refractivity contribution in [3.05, 3.63) is 24.3 Å². The van der Waals surface area contributed by atoms with Gasteiger partial charge in [0.05, 0.1) is 6.61 Å². The summed E-state index contributed by atoms with van der Waals surface area (Å²) in [5.41, 5.74) is 0. The first-order valence-corrected chi connectivity index (χ1v) is 7.97. The van der Waals surface area contributed by atoms with Gasteiger partial charge in [0, 0.05) is 6.54 Å². The molecule has 0 aliphatic carbocycles. The van der Waals surface area contributed by atoms with Gasteiger partial charge in [0.2, 0.25) is 0 Å². The third-order valence-corrected chi connectivity index (χ3v) is 3.72. The molecule has 1 aliphatic heterocycles. The van der Waals surface area contributed by atoms with Crippen molar-refractivity contribution in [1.29, 1.82) is 0 Å². The molecule has 1 aromatic rings. The maximum Gasteiger partial charge on any atom is 0.161 e. The Morgan fingerprint density at radius 1 is 0.950 bits per heavy atom. The van der Waals surface area contributed by atoms with Gasteiger partial charge >= 0.3 is 0 Å². The Kier molecular flexibility index (Phi) is 6.72. The zero-order chi connectivity index (χ0) is 14.0. The number of ether oxygens (including phenoxy) is 2. The summed E-state index contributed by atoms with van der Waals surface area (Å²) in [5.74, 6) is 1.75. The Morgan fingerprint density at radius 3 is 2.25 bits per heavy atom. The molecular formula is C17H27NO2. The molecule has 0 atom stereocenters. The number of para-hydroxylation sites is 2. The fourth-order valence-electron chi connectivity index (χ4n) is 2.48. The largest absolute Gasteiger partial charge is 0.490 e. The van der Waals surface area contributed by atoms with E-state index in [-0.39, 0.29) is 0 Å². The Hall–Kier alpha value is -1.22. The number of rotatable bonds is 8. The van der Waals surface area contributed by atoms with E-state index in [1.807, 2.05) is 24.3 Å². The molecule has 3 nitrogen and oxygen atoms in total. The third kappa shape index (κ3) is 5.04. The molecule has 3 heteroatoms. The van der Waals surface area contributed by atoms with Crippen LogP contribution in [0.4, 0.5) is 0 Å². The van der Waals surface area contributed by atoms with E-state index in [0.29, 0.717) is 0 Å². The molecule has 1 aliphatic rings. The highest BCUT2D eigenvalue weighted by Gasteiger charge is 2.10. The highest BCUT2D eigenvalue weighted by Crippen LogP contribution is 2.26. The van der Waals surface area contributed by atoms with Crippen LogP contribution in [0.2, 0.25) is 0 Å². The van der Waals surface area contributed by atoms with Crippen LogP contribution >= 0.6 is 0 Å². The molecule has 0 aromatic heterocycles. The van der Waals surface area contributed by atoms with Crippen LogP contribution in [0.15, 0.2) is 24.3 Å². The fourth-order valence-corrected chi connectivity index (χ4v) is 2.48. The normalized spacial score (nSPS) is 16.1. The van der Waals surface area contributed by atoms with Crippen LogP contribution in [0.5, 0.6) is 11.5 Å². The number of nitrogens with zero attached hydrogens (tertiary/aromatic N) is 1. The van der Waals surface area contributed by atoms with Gasteiger partial charge in [-0.3, -0.25) is 4.90 Å². The Balaban J connectivity index is 1.76. The molecule has 1 heterocycles. The third-order valence-electron chi connectivity index (χ3n) is 3.72. The van der Waals surface area contributed by atoms with Crippen LogP contribution in [0.1, 0.15) is 39.0 Å². The van der Waals surface area contributed by atoms with Gasteiger partial charge in [-0.2, -0.15) is 0 Å². The van der Waals surface area contributed by atoms with Crippen molar-refractivity contribution in [3.8, 4) is 11.5 Å². The molecule has 0 N–H and O–H groups in total. The summed E-state index contributed by atoms with van der Waals surface area (Å²) < 4.78 is 11.7. The fraction of sp³-hybridized carbons (Fsp3) is 0.647. The summed E-state index contributed by atoms with van der Waals surface area (Å²) in [6.07, 6.45) is 6.28. The van der Waals surface area contributed by atoms with Crippen LogP contribution in [0, 0.1) is 0 Å². The average Bonchev–Trinajstić information content (AvgIpc) is 2.50. The predicted octanol–water partition coefficient (Wildman–Crippen LogP) is 3.73. The van der Waals surface area contributed by atoms with E-state index in [2.05, 4.69) is 11.8 Å². The summed E-state index contributed by atoms with van der Waals surface area (Å²) in [5, 5.41) is 0. The zero-order valence-electron chi connectivity index (χ0n) is 12.6. The molecule has 1 aromatic carbocycles. The summed E-state index contributed by atoms with van der Waals surface area (Å²) in [6.45, 7) is 7.14. The first-order chi connectivity index (χ1) is 9.90. The van der Waals surface area contributed by atoms with Gasteiger partial charge in [0.1, 0.15) is 6.61 Å². The topological polar surface area (TPSA) is 21.7 Å². The number of likely N-dealkylation sites (tertiary alicyclic amines) is 1. The minimum Gasteiger partial charge on any atom is -0.490 e. The number of unbranched alkanes of at least 4 members (excludes halogenated alkanes) is 1. The van der Waals surface area contributed by atoms with Crippen molar-refractivity contribution in [1.82, 2.24) is 4.90 Å². The number of hydrogen-bond acceptors (Lipinski definition) is 3. The van der Waals surface area contributed by atoms with Crippen LogP contribution in [-0.2, 0) is 0 Å². The van der Waals surface area contributed by atoms with Gasteiger partial charge in [-0.1, -0.05) is 31.9 Å². The first kappa shape index (κ1) is 15.2. The lowest BCUT2D eigenvalue weighted by atomic mass is 10.1.